The molecular formula is CH7BiO3Sr. The summed E-state index contributed by atoms with van der Waals surface area (Å²) in [5.41, 5.74) is 0. The van der Waals surface area contributed by atoms with Gasteiger partial charge in [-0.3, -0.25) is 0 Å². The molecule has 0 amide bonds. The molecule has 0 aromatic rings. The van der Waals surface area contributed by atoms with Crippen molar-refractivity contribution >= 4 is 77.8 Å². The van der Waals surface area contributed by atoms with E-state index in [-0.39, 0.29) is 74.5 Å². The third kappa shape index (κ3) is 45.3. The van der Waals surface area contributed by atoms with E-state index in [0.29, 0.717) is 0 Å². The van der Waals surface area contributed by atoms with Crippen LogP contribution < -0.4 is 0 Å². The van der Waals surface area contributed by atoms with E-state index in [1.807, 2.05) is 0 Å². The van der Waals surface area contributed by atoms with Gasteiger partial charge in [0.1, 0.15) is 0 Å². The van der Waals surface area contributed by atoms with Crippen molar-refractivity contribution in [1.82, 2.24) is 0 Å². The van der Waals surface area contributed by atoms with E-state index in [1.54, 1.807) is 0 Å². The zero-order chi connectivity index (χ0) is 3.58. The molecule has 0 heterocycles. The fourth-order valence-corrected chi connectivity index (χ4v) is 0. The molecule has 2 N–H and O–H groups in total. The van der Waals surface area contributed by atoms with Crippen molar-refractivity contribution in [2.45, 2.75) is 0 Å². The van der Waals surface area contributed by atoms with Crippen molar-refractivity contribution in [2.24, 2.45) is 0 Å². The summed E-state index contributed by atoms with van der Waals surface area (Å²) in [5, 5.41) is 13.9. The molecule has 0 aliphatic rings. The molecule has 0 unspecified atom stereocenters. The van der Waals surface area contributed by atoms with Gasteiger partial charge in [0.25, 0.3) is 0 Å². The van der Waals surface area contributed by atoms with E-state index in [4.69, 9.17) is 15.0 Å². The van der Waals surface area contributed by atoms with Crippen molar-refractivity contribution in [3.05, 3.63) is 0 Å². The maximum atomic E-state index is 8.56. The first-order chi connectivity index (χ1) is 1.73. The van der Waals surface area contributed by atoms with Crippen LogP contribution in [0.2, 0.25) is 0 Å². The fraction of sp³-hybridized carbons (Fsp3) is 0. The van der Waals surface area contributed by atoms with Crippen LogP contribution in [-0.2, 0) is 0 Å². The molecule has 0 aliphatic heterocycles. The first-order valence-electron chi connectivity index (χ1n) is 0.651. The average molecular weight is 364 g/mol. The molecule has 0 saturated heterocycles. The van der Waals surface area contributed by atoms with Crippen molar-refractivity contribution < 1.29 is 17.9 Å². The summed E-state index contributed by atoms with van der Waals surface area (Å²) in [6.07, 6.45) is -1.83. The Morgan fingerprint density at radius 2 is 1.50 bits per heavy atom. The molecule has 3 nitrogen and oxygen atoms in total. The second kappa shape index (κ2) is 9.81. The van der Waals surface area contributed by atoms with Gasteiger partial charge in [0.05, 0.1) is 0 Å². The van der Waals surface area contributed by atoms with Gasteiger partial charge in [0.15, 0.2) is 0 Å². The molecule has 6 heavy (non-hydrogen) atoms. The SMILES string of the molecule is O=C(O)O.[BiH3].[H-].[H-].[Sr+2]. The van der Waals surface area contributed by atoms with Gasteiger partial charge in [-0.15, -0.1) is 0 Å². The smallest absolute Gasteiger partial charge is 1.00 e. The minimum atomic E-state index is -1.83. The fourth-order valence-electron chi connectivity index (χ4n) is 0. The predicted octanol–water partition coefficient (Wildman–Crippen LogP) is -1.12. The van der Waals surface area contributed by atoms with Crippen molar-refractivity contribution in [3.63, 3.8) is 0 Å². The van der Waals surface area contributed by atoms with Gasteiger partial charge in [-0.25, -0.2) is 4.79 Å². The molecule has 0 atom stereocenters. The maximum Gasteiger partial charge on any atom is 2.00 e. The van der Waals surface area contributed by atoms with Gasteiger partial charge >= 0.3 is 77.8 Å². The zero-order valence-corrected chi connectivity index (χ0v) is 12.2. The molecule has 0 saturated carbocycles. The summed E-state index contributed by atoms with van der Waals surface area (Å²) in [7, 11) is 0. The summed E-state index contributed by atoms with van der Waals surface area (Å²) in [5.74, 6) is 0. The van der Waals surface area contributed by atoms with Crippen LogP contribution in [0, 0.1) is 0 Å². The maximum absolute atomic E-state index is 8.56. The van der Waals surface area contributed by atoms with Gasteiger partial charge < -0.3 is 13.1 Å². The third-order valence-electron chi connectivity index (χ3n) is 0. The summed E-state index contributed by atoms with van der Waals surface area (Å²) in [4.78, 5) is 8.56. The molecule has 5 heteroatoms. The number of rotatable bonds is 0. The van der Waals surface area contributed by atoms with Gasteiger partial charge in [-0.05, 0) is 0 Å². The molecule has 0 rings (SSSR count). The molecule has 0 aromatic carbocycles. The Bertz CT molecular complexity index is 40.3. The van der Waals surface area contributed by atoms with Crippen LogP contribution >= 0.6 is 0 Å². The van der Waals surface area contributed by atoms with E-state index in [2.05, 4.69) is 0 Å². The number of hydrogen-bond donors (Lipinski definition) is 2. The van der Waals surface area contributed by atoms with Gasteiger partial charge in [0.2, 0.25) is 0 Å². The quantitative estimate of drug-likeness (QED) is 0.536. The Morgan fingerprint density at radius 3 is 1.50 bits per heavy atom. The molecule has 0 spiro atoms. The van der Waals surface area contributed by atoms with Crippen LogP contribution in [0.3, 0.4) is 0 Å². The molecule has 0 bridgehead atoms. The molecular weight excluding hydrogens is 357 g/mol. The minimum Gasteiger partial charge on any atom is -1.00 e. The number of carbonyl (C=O) groups is 1. The van der Waals surface area contributed by atoms with Crippen LogP contribution in [0.15, 0.2) is 0 Å². The van der Waals surface area contributed by atoms with Crippen LogP contribution in [0.5, 0.6) is 0 Å². The van der Waals surface area contributed by atoms with Crippen LogP contribution in [0.25, 0.3) is 0 Å². The van der Waals surface area contributed by atoms with Crippen LogP contribution in [0.1, 0.15) is 2.85 Å². The van der Waals surface area contributed by atoms with E-state index >= 15 is 0 Å². The Hall–Kier alpha value is 1.63. The first kappa shape index (κ1) is 15.6. The van der Waals surface area contributed by atoms with Gasteiger partial charge in [-0.1, -0.05) is 0 Å². The third-order valence-corrected chi connectivity index (χ3v) is 0. The van der Waals surface area contributed by atoms with E-state index in [9.17, 15) is 0 Å². The Kier molecular flexibility index (Phi) is 25.6. The normalized spacial score (nSPS) is 4.00. The van der Waals surface area contributed by atoms with Crippen molar-refractivity contribution in [1.29, 1.82) is 0 Å². The minimum absolute atomic E-state index is 0. The van der Waals surface area contributed by atoms with Crippen molar-refractivity contribution in [3.8, 4) is 0 Å². The van der Waals surface area contributed by atoms with E-state index in [1.165, 1.54) is 0 Å². The molecule has 0 radical (unpaired) electrons. The van der Waals surface area contributed by atoms with Crippen molar-refractivity contribution in [2.75, 3.05) is 0 Å². The summed E-state index contributed by atoms with van der Waals surface area (Å²) in [6, 6.07) is 0. The summed E-state index contributed by atoms with van der Waals surface area (Å²) in [6.45, 7) is 0. The second-order valence-corrected chi connectivity index (χ2v) is 0.283. The zero-order valence-electron chi connectivity index (χ0n) is 5.22. The molecule has 0 fully saturated rings. The predicted molar refractivity (Wildman–Crippen MR) is 28.6 cm³/mol. The van der Waals surface area contributed by atoms with Crippen LogP contribution in [0.4, 0.5) is 4.79 Å². The Balaban J connectivity index is -0.00000000750. The first-order valence-corrected chi connectivity index (χ1v) is 0.651. The number of carboxylic acid groups (broad SMARTS) is 2. The van der Waals surface area contributed by atoms with E-state index in [0.717, 1.165) is 0 Å². The Morgan fingerprint density at radius 1 is 1.50 bits per heavy atom. The van der Waals surface area contributed by atoms with E-state index < -0.39 is 6.16 Å². The van der Waals surface area contributed by atoms with Gasteiger partial charge in [-0.2, -0.15) is 0 Å². The van der Waals surface area contributed by atoms with Crippen LogP contribution in [-0.4, -0.2) is 88.1 Å². The summed E-state index contributed by atoms with van der Waals surface area (Å²) < 4.78 is 0. The monoisotopic (exact) mass is 364 g/mol. The number of hydrogen-bond acceptors (Lipinski definition) is 1. The molecule has 0 aromatic heterocycles. The largest absolute Gasteiger partial charge is 2.00 e. The second-order valence-electron chi connectivity index (χ2n) is 0.283. The van der Waals surface area contributed by atoms with Gasteiger partial charge in [0, 0.05) is 0 Å². The molecule has 36 valence electrons. The summed E-state index contributed by atoms with van der Waals surface area (Å²) >= 11 is 0. The molecule has 0 aliphatic carbocycles. The standard InChI is InChI=1S/CH2O3.Bi.Sr.5H/c2-1(3)4;;;;;;;/h(H2,2,3,4);;;;;;;/q;;+2;;;;2*-1. The average Bonchev–Trinajstić information content (AvgIpc) is 0.811. The Labute approximate surface area is 94.1 Å². The topological polar surface area (TPSA) is 57.5 Å².